The van der Waals surface area contributed by atoms with Gasteiger partial charge in [-0.25, -0.2) is 4.79 Å². The SMILES string of the molecule is COc1ccc(N2C(=O)CC[C@H]2C(=O)O)cc1. The van der Waals surface area contributed by atoms with Gasteiger partial charge in [-0.2, -0.15) is 0 Å². The van der Waals surface area contributed by atoms with Gasteiger partial charge in [0, 0.05) is 12.1 Å². The van der Waals surface area contributed by atoms with Crippen molar-refractivity contribution in [3.63, 3.8) is 0 Å². The molecule has 1 amide bonds. The Morgan fingerprint density at radius 1 is 1.41 bits per heavy atom. The van der Waals surface area contributed by atoms with E-state index < -0.39 is 12.0 Å². The van der Waals surface area contributed by atoms with Gasteiger partial charge in [0.25, 0.3) is 0 Å². The number of aliphatic carboxylic acids is 1. The van der Waals surface area contributed by atoms with Crippen LogP contribution in [0.1, 0.15) is 12.8 Å². The minimum absolute atomic E-state index is 0.150. The van der Waals surface area contributed by atoms with Crippen LogP contribution in [0.3, 0.4) is 0 Å². The molecular formula is C12H13NO4. The number of nitrogens with zero attached hydrogens (tertiary/aromatic N) is 1. The Hall–Kier alpha value is -2.04. The quantitative estimate of drug-likeness (QED) is 0.856. The first-order chi connectivity index (χ1) is 8.13. The number of carboxylic acids is 1. The zero-order chi connectivity index (χ0) is 12.4. The topological polar surface area (TPSA) is 66.8 Å². The lowest BCUT2D eigenvalue weighted by molar-refractivity contribution is -0.138. The van der Waals surface area contributed by atoms with Gasteiger partial charge < -0.3 is 9.84 Å². The normalized spacial score (nSPS) is 19.5. The molecule has 17 heavy (non-hydrogen) atoms. The van der Waals surface area contributed by atoms with E-state index in [0.29, 0.717) is 17.9 Å². The Labute approximate surface area is 98.6 Å². The fraction of sp³-hybridized carbons (Fsp3) is 0.333. The zero-order valence-electron chi connectivity index (χ0n) is 9.42. The molecule has 1 fully saturated rings. The number of benzene rings is 1. The van der Waals surface area contributed by atoms with E-state index in [9.17, 15) is 9.59 Å². The van der Waals surface area contributed by atoms with Crippen LogP contribution in [0.5, 0.6) is 5.75 Å². The standard InChI is InChI=1S/C12H13NO4/c1-17-9-4-2-8(3-5-9)13-10(12(15)16)6-7-11(13)14/h2-5,10H,6-7H2,1H3,(H,15,16)/t10-/m0/s1. The highest BCUT2D eigenvalue weighted by molar-refractivity contribution is 6.02. The lowest BCUT2D eigenvalue weighted by Gasteiger charge is -2.21. The Bertz CT molecular complexity index is 440. The van der Waals surface area contributed by atoms with Gasteiger partial charge in [-0.1, -0.05) is 0 Å². The molecule has 5 nitrogen and oxygen atoms in total. The van der Waals surface area contributed by atoms with Crippen LogP contribution in [0.25, 0.3) is 0 Å². The van der Waals surface area contributed by atoms with E-state index in [4.69, 9.17) is 9.84 Å². The smallest absolute Gasteiger partial charge is 0.326 e. The fourth-order valence-corrected chi connectivity index (χ4v) is 1.98. The average Bonchev–Trinajstić information content (AvgIpc) is 2.71. The minimum atomic E-state index is -0.966. The van der Waals surface area contributed by atoms with Crippen molar-refractivity contribution in [1.82, 2.24) is 0 Å². The molecule has 0 aliphatic carbocycles. The van der Waals surface area contributed by atoms with Crippen LogP contribution in [0, 0.1) is 0 Å². The van der Waals surface area contributed by atoms with Gasteiger partial charge in [0.2, 0.25) is 5.91 Å². The van der Waals surface area contributed by atoms with Crippen molar-refractivity contribution in [3.8, 4) is 5.75 Å². The number of hydrogen-bond acceptors (Lipinski definition) is 3. The maximum absolute atomic E-state index is 11.7. The minimum Gasteiger partial charge on any atom is -0.497 e. The van der Waals surface area contributed by atoms with Crippen LogP contribution in [0.2, 0.25) is 0 Å². The molecule has 5 heteroatoms. The molecule has 1 atom stereocenters. The molecule has 0 radical (unpaired) electrons. The van der Waals surface area contributed by atoms with Crippen LogP contribution in [0.4, 0.5) is 5.69 Å². The molecular weight excluding hydrogens is 222 g/mol. The number of carbonyl (C=O) groups excluding carboxylic acids is 1. The summed E-state index contributed by atoms with van der Waals surface area (Å²) in [5.41, 5.74) is 0.598. The summed E-state index contributed by atoms with van der Waals surface area (Å²) in [4.78, 5) is 24.0. The van der Waals surface area contributed by atoms with Crippen molar-refractivity contribution in [1.29, 1.82) is 0 Å². The number of amides is 1. The summed E-state index contributed by atoms with van der Waals surface area (Å²) in [6.07, 6.45) is 0.642. The van der Waals surface area contributed by atoms with Gasteiger partial charge in [-0.15, -0.1) is 0 Å². The first-order valence-corrected chi connectivity index (χ1v) is 5.32. The number of rotatable bonds is 3. The molecule has 1 aliphatic heterocycles. The Morgan fingerprint density at radius 2 is 2.06 bits per heavy atom. The second kappa shape index (κ2) is 4.45. The van der Waals surface area contributed by atoms with Gasteiger partial charge in [0.05, 0.1) is 7.11 Å². The molecule has 1 aliphatic rings. The van der Waals surface area contributed by atoms with Gasteiger partial charge in [0.1, 0.15) is 11.8 Å². The second-order valence-corrected chi connectivity index (χ2v) is 3.85. The lowest BCUT2D eigenvalue weighted by Crippen LogP contribution is -2.38. The van der Waals surface area contributed by atoms with E-state index >= 15 is 0 Å². The van der Waals surface area contributed by atoms with E-state index in [1.807, 2.05) is 0 Å². The van der Waals surface area contributed by atoms with Gasteiger partial charge in [0.15, 0.2) is 0 Å². The van der Waals surface area contributed by atoms with Gasteiger partial charge in [-0.05, 0) is 30.7 Å². The monoisotopic (exact) mass is 235 g/mol. The van der Waals surface area contributed by atoms with E-state index in [1.54, 1.807) is 31.4 Å². The predicted octanol–water partition coefficient (Wildman–Crippen LogP) is 1.28. The average molecular weight is 235 g/mol. The molecule has 1 N–H and O–H groups in total. The van der Waals surface area contributed by atoms with Crippen LogP contribution < -0.4 is 9.64 Å². The summed E-state index contributed by atoms with van der Waals surface area (Å²) >= 11 is 0. The van der Waals surface area contributed by atoms with Crippen LogP contribution >= 0.6 is 0 Å². The molecule has 0 unspecified atom stereocenters. The van der Waals surface area contributed by atoms with Crippen molar-refractivity contribution in [2.45, 2.75) is 18.9 Å². The maximum Gasteiger partial charge on any atom is 0.326 e. The van der Waals surface area contributed by atoms with E-state index in [1.165, 1.54) is 4.90 Å². The molecule has 90 valence electrons. The maximum atomic E-state index is 11.7. The highest BCUT2D eigenvalue weighted by Crippen LogP contribution is 2.28. The predicted molar refractivity (Wildman–Crippen MR) is 61.1 cm³/mol. The van der Waals surface area contributed by atoms with Crippen LogP contribution in [-0.2, 0) is 9.59 Å². The zero-order valence-corrected chi connectivity index (χ0v) is 9.42. The van der Waals surface area contributed by atoms with Crippen molar-refractivity contribution in [2.24, 2.45) is 0 Å². The molecule has 1 saturated heterocycles. The largest absolute Gasteiger partial charge is 0.497 e. The van der Waals surface area contributed by atoms with Crippen molar-refractivity contribution in [3.05, 3.63) is 24.3 Å². The van der Waals surface area contributed by atoms with E-state index in [-0.39, 0.29) is 12.3 Å². The van der Waals surface area contributed by atoms with E-state index in [2.05, 4.69) is 0 Å². The first kappa shape index (κ1) is 11.4. The third-order valence-electron chi connectivity index (χ3n) is 2.85. The lowest BCUT2D eigenvalue weighted by atomic mass is 10.2. The second-order valence-electron chi connectivity index (χ2n) is 3.85. The summed E-state index contributed by atoms with van der Waals surface area (Å²) < 4.78 is 5.01. The van der Waals surface area contributed by atoms with Crippen molar-refractivity contribution >= 4 is 17.6 Å². The summed E-state index contributed by atoms with van der Waals surface area (Å²) in [5, 5.41) is 9.04. The third-order valence-corrected chi connectivity index (χ3v) is 2.85. The first-order valence-electron chi connectivity index (χ1n) is 5.32. The van der Waals surface area contributed by atoms with Crippen LogP contribution in [0.15, 0.2) is 24.3 Å². The molecule has 0 aromatic heterocycles. The highest BCUT2D eigenvalue weighted by atomic mass is 16.5. The number of ether oxygens (including phenoxy) is 1. The Kier molecular flexibility index (Phi) is 2.99. The third kappa shape index (κ3) is 2.08. The van der Waals surface area contributed by atoms with Gasteiger partial charge in [-0.3, -0.25) is 9.69 Å². The summed E-state index contributed by atoms with van der Waals surface area (Å²) in [6.45, 7) is 0. The molecule has 0 bridgehead atoms. The number of carbonyl (C=O) groups is 2. The molecule has 1 aromatic rings. The summed E-state index contributed by atoms with van der Waals surface area (Å²) in [7, 11) is 1.55. The molecule has 0 saturated carbocycles. The summed E-state index contributed by atoms with van der Waals surface area (Å²) in [5.74, 6) is -0.443. The number of methoxy groups -OCH3 is 1. The van der Waals surface area contributed by atoms with Crippen LogP contribution in [-0.4, -0.2) is 30.1 Å². The molecule has 1 aromatic carbocycles. The number of anilines is 1. The van der Waals surface area contributed by atoms with Gasteiger partial charge >= 0.3 is 5.97 Å². The van der Waals surface area contributed by atoms with Crippen molar-refractivity contribution in [2.75, 3.05) is 12.0 Å². The van der Waals surface area contributed by atoms with Crippen molar-refractivity contribution < 1.29 is 19.4 Å². The number of carboxylic acid groups (broad SMARTS) is 1. The number of hydrogen-bond donors (Lipinski definition) is 1. The Morgan fingerprint density at radius 3 is 2.59 bits per heavy atom. The summed E-state index contributed by atoms with van der Waals surface area (Å²) in [6, 6.07) is 6.05. The van der Waals surface area contributed by atoms with E-state index in [0.717, 1.165) is 0 Å². The molecule has 2 rings (SSSR count). The highest BCUT2D eigenvalue weighted by Gasteiger charge is 2.36. The fourth-order valence-electron chi connectivity index (χ4n) is 1.98. The molecule has 0 spiro atoms. The Balaban J connectivity index is 2.29. The molecule has 1 heterocycles.